The van der Waals surface area contributed by atoms with Gasteiger partial charge < -0.3 is 20.1 Å². The third kappa shape index (κ3) is 3.19. The molecule has 19 heavy (non-hydrogen) atoms. The summed E-state index contributed by atoms with van der Waals surface area (Å²) >= 11 is 0. The van der Waals surface area contributed by atoms with Crippen molar-refractivity contribution in [3.63, 3.8) is 0 Å². The number of ether oxygens (including phenoxy) is 1. The zero-order chi connectivity index (χ0) is 13.8. The van der Waals surface area contributed by atoms with E-state index in [2.05, 4.69) is 16.3 Å². The molecular formula is C15H24N2O2. The Balaban J connectivity index is 2.08. The summed E-state index contributed by atoms with van der Waals surface area (Å²) < 4.78 is 5.21. The van der Waals surface area contributed by atoms with Crippen LogP contribution in [-0.2, 0) is 4.74 Å². The lowest BCUT2D eigenvalue weighted by Gasteiger charge is -2.21. The number of phenols is 1. The van der Waals surface area contributed by atoms with E-state index in [1.54, 1.807) is 7.11 Å². The summed E-state index contributed by atoms with van der Waals surface area (Å²) in [6, 6.07) is 6.14. The Kier molecular flexibility index (Phi) is 4.66. The number of nitrogens with one attached hydrogen (secondary N) is 1. The van der Waals surface area contributed by atoms with Crippen molar-refractivity contribution >= 4 is 5.69 Å². The highest BCUT2D eigenvalue weighted by atomic mass is 16.5. The number of methoxy groups -OCH3 is 1. The Hall–Kier alpha value is -1.26. The van der Waals surface area contributed by atoms with Crippen molar-refractivity contribution in [2.45, 2.75) is 19.4 Å². The van der Waals surface area contributed by atoms with E-state index in [1.165, 1.54) is 0 Å². The van der Waals surface area contributed by atoms with Gasteiger partial charge in [-0.05, 0) is 26.5 Å². The molecule has 1 aromatic carbocycles. The minimum atomic E-state index is 0.161. The quantitative estimate of drug-likeness (QED) is 0.855. The van der Waals surface area contributed by atoms with Crippen molar-refractivity contribution < 1.29 is 9.84 Å². The van der Waals surface area contributed by atoms with Crippen LogP contribution in [0.1, 0.15) is 24.9 Å². The molecule has 0 bridgehead atoms. The smallest absolute Gasteiger partial charge is 0.122 e. The van der Waals surface area contributed by atoms with Crippen LogP contribution in [0.25, 0.3) is 0 Å². The van der Waals surface area contributed by atoms with E-state index in [9.17, 15) is 5.11 Å². The number of hydrogen-bond donors (Lipinski definition) is 2. The summed E-state index contributed by atoms with van der Waals surface area (Å²) in [5.41, 5.74) is 2.04. The van der Waals surface area contributed by atoms with Crippen LogP contribution in [0.5, 0.6) is 5.75 Å². The van der Waals surface area contributed by atoms with Gasteiger partial charge in [0, 0.05) is 49.5 Å². The van der Waals surface area contributed by atoms with Gasteiger partial charge in [-0.1, -0.05) is 6.07 Å². The summed E-state index contributed by atoms with van der Waals surface area (Å²) in [5, 5.41) is 13.3. The zero-order valence-electron chi connectivity index (χ0n) is 12.0. The van der Waals surface area contributed by atoms with Gasteiger partial charge in [0.2, 0.25) is 0 Å². The van der Waals surface area contributed by atoms with Crippen molar-refractivity contribution in [1.82, 2.24) is 5.32 Å². The van der Waals surface area contributed by atoms with E-state index in [4.69, 9.17) is 4.74 Å². The third-order valence-electron chi connectivity index (χ3n) is 3.97. The molecule has 1 aliphatic rings. The van der Waals surface area contributed by atoms with Crippen LogP contribution in [0, 0.1) is 5.92 Å². The van der Waals surface area contributed by atoms with E-state index in [0.717, 1.165) is 37.4 Å². The molecule has 1 saturated heterocycles. The van der Waals surface area contributed by atoms with E-state index in [1.807, 2.05) is 26.1 Å². The van der Waals surface area contributed by atoms with Crippen LogP contribution >= 0.6 is 0 Å². The number of anilines is 1. The summed E-state index contributed by atoms with van der Waals surface area (Å²) in [5.74, 6) is 0.970. The summed E-state index contributed by atoms with van der Waals surface area (Å²) in [7, 11) is 3.65. The molecule has 0 amide bonds. The molecule has 2 rings (SSSR count). The maximum atomic E-state index is 10.1. The number of benzene rings is 1. The van der Waals surface area contributed by atoms with E-state index < -0.39 is 0 Å². The fourth-order valence-electron chi connectivity index (χ4n) is 2.69. The Morgan fingerprint density at radius 2 is 2.32 bits per heavy atom. The van der Waals surface area contributed by atoms with Crippen LogP contribution < -0.4 is 10.2 Å². The van der Waals surface area contributed by atoms with Gasteiger partial charge in [-0.15, -0.1) is 0 Å². The summed E-state index contributed by atoms with van der Waals surface area (Å²) in [6.45, 7) is 4.90. The SMILES string of the molecule is CNC(C)c1ccc(N2CCC(COC)C2)cc1O. The van der Waals surface area contributed by atoms with Crippen molar-refractivity contribution in [3.05, 3.63) is 23.8 Å². The Labute approximate surface area is 115 Å². The Morgan fingerprint density at radius 3 is 2.95 bits per heavy atom. The monoisotopic (exact) mass is 264 g/mol. The topological polar surface area (TPSA) is 44.7 Å². The molecule has 1 heterocycles. The number of rotatable bonds is 5. The number of phenolic OH excluding ortho intramolecular Hbond substituents is 1. The first-order valence-corrected chi connectivity index (χ1v) is 6.89. The molecule has 0 spiro atoms. The average Bonchev–Trinajstić information content (AvgIpc) is 2.87. The first-order valence-electron chi connectivity index (χ1n) is 6.89. The van der Waals surface area contributed by atoms with Gasteiger partial charge in [-0.25, -0.2) is 0 Å². The maximum absolute atomic E-state index is 10.1. The second-order valence-electron chi connectivity index (χ2n) is 5.31. The van der Waals surface area contributed by atoms with Gasteiger partial charge in [-0.2, -0.15) is 0 Å². The van der Waals surface area contributed by atoms with Gasteiger partial charge in [0.05, 0.1) is 6.61 Å². The first kappa shape index (κ1) is 14.2. The lowest BCUT2D eigenvalue weighted by atomic mass is 10.1. The molecule has 0 radical (unpaired) electrons. The largest absolute Gasteiger partial charge is 0.508 e. The van der Waals surface area contributed by atoms with Crippen LogP contribution in [0.2, 0.25) is 0 Å². The molecular weight excluding hydrogens is 240 g/mol. The van der Waals surface area contributed by atoms with Crippen LogP contribution in [0.4, 0.5) is 5.69 Å². The van der Waals surface area contributed by atoms with Crippen LogP contribution in [0.15, 0.2) is 18.2 Å². The second kappa shape index (κ2) is 6.26. The minimum Gasteiger partial charge on any atom is -0.508 e. The van der Waals surface area contributed by atoms with Crippen LogP contribution in [0.3, 0.4) is 0 Å². The highest BCUT2D eigenvalue weighted by Crippen LogP contribution is 2.31. The van der Waals surface area contributed by atoms with E-state index >= 15 is 0 Å². The van der Waals surface area contributed by atoms with Gasteiger partial charge in [0.25, 0.3) is 0 Å². The number of aromatic hydroxyl groups is 1. The van der Waals surface area contributed by atoms with Gasteiger partial charge in [0.15, 0.2) is 0 Å². The van der Waals surface area contributed by atoms with E-state index in [0.29, 0.717) is 11.7 Å². The lowest BCUT2D eigenvalue weighted by Crippen LogP contribution is -2.21. The van der Waals surface area contributed by atoms with Crippen molar-refractivity contribution in [2.75, 3.05) is 38.8 Å². The Morgan fingerprint density at radius 1 is 1.53 bits per heavy atom. The fraction of sp³-hybridized carbons (Fsp3) is 0.600. The highest BCUT2D eigenvalue weighted by Gasteiger charge is 2.23. The molecule has 2 atom stereocenters. The summed E-state index contributed by atoms with van der Waals surface area (Å²) in [4.78, 5) is 2.32. The predicted octanol–water partition coefficient (Wildman–Crippen LogP) is 2.15. The molecule has 4 nitrogen and oxygen atoms in total. The fourth-order valence-corrected chi connectivity index (χ4v) is 2.69. The molecule has 2 unspecified atom stereocenters. The molecule has 0 saturated carbocycles. The molecule has 0 aromatic heterocycles. The molecule has 2 N–H and O–H groups in total. The number of nitrogens with zero attached hydrogens (tertiary/aromatic N) is 1. The molecule has 1 fully saturated rings. The lowest BCUT2D eigenvalue weighted by molar-refractivity contribution is 0.161. The second-order valence-corrected chi connectivity index (χ2v) is 5.31. The molecule has 1 aliphatic heterocycles. The predicted molar refractivity (Wildman–Crippen MR) is 77.8 cm³/mol. The van der Waals surface area contributed by atoms with E-state index in [-0.39, 0.29) is 6.04 Å². The Bertz CT molecular complexity index is 423. The van der Waals surface area contributed by atoms with Crippen molar-refractivity contribution in [1.29, 1.82) is 0 Å². The third-order valence-corrected chi connectivity index (χ3v) is 3.97. The normalized spacial score (nSPS) is 20.8. The first-order chi connectivity index (χ1) is 9.15. The van der Waals surface area contributed by atoms with Crippen LogP contribution in [-0.4, -0.2) is 39.0 Å². The highest BCUT2D eigenvalue weighted by molar-refractivity contribution is 5.54. The molecule has 1 aromatic rings. The molecule has 106 valence electrons. The molecule has 4 heteroatoms. The van der Waals surface area contributed by atoms with Crippen molar-refractivity contribution in [2.24, 2.45) is 5.92 Å². The number of hydrogen-bond acceptors (Lipinski definition) is 4. The molecule has 0 aliphatic carbocycles. The van der Waals surface area contributed by atoms with Crippen molar-refractivity contribution in [3.8, 4) is 5.75 Å². The van der Waals surface area contributed by atoms with Gasteiger partial charge in [0.1, 0.15) is 5.75 Å². The average molecular weight is 264 g/mol. The standard InChI is InChI=1S/C15H24N2O2/c1-11(16-2)14-5-4-13(8-15(14)18)17-7-6-12(9-17)10-19-3/h4-5,8,11-12,16,18H,6-7,9-10H2,1-3H3. The van der Waals surface area contributed by atoms with Gasteiger partial charge in [-0.3, -0.25) is 0 Å². The maximum Gasteiger partial charge on any atom is 0.122 e. The minimum absolute atomic E-state index is 0.161. The zero-order valence-corrected chi connectivity index (χ0v) is 12.0. The summed E-state index contributed by atoms with van der Waals surface area (Å²) in [6.07, 6.45) is 1.16. The van der Waals surface area contributed by atoms with Gasteiger partial charge >= 0.3 is 0 Å².